The highest BCUT2D eigenvalue weighted by Crippen LogP contribution is 2.24. The number of hydrogen-bond acceptors (Lipinski definition) is 4. The maximum Gasteiger partial charge on any atom is 0.193 e. The van der Waals surface area contributed by atoms with Gasteiger partial charge < -0.3 is 19.7 Å². The predicted molar refractivity (Wildman–Crippen MR) is 115 cm³/mol. The second kappa shape index (κ2) is 9.31. The van der Waals surface area contributed by atoms with Crippen molar-refractivity contribution < 1.29 is 9.47 Å². The average Bonchev–Trinajstić information content (AvgIpc) is 3.14. The van der Waals surface area contributed by atoms with Crippen molar-refractivity contribution >= 4 is 5.96 Å². The minimum Gasteiger partial charge on any atom is -0.492 e. The number of nitrogens with zero attached hydrogens (tertiary/aromatic N) is 4. The molecule has 1 aliphatic rings. The third-order valence-corrected chi connectivity index (χ3v) is 5.05. The van der Waals surface area contributed by atoms with E-state index in [9.17, 15) is 0 Å². The fourth-order valence-electron chi connectivity index (χ4n) is 3.36. The molecule has 29 heavy (non-hydrogen) atoms. The molecule has 2 aromatic rings. The molecule has 7 heteroatoms. The van der Waals surface area contributed by atoms with Crippen LogP contribution in [0.4, 0.5) is 0 Å². The molecule has 1 fully saturated rings. The molecule has 0 saturated carbocycles. The number of nitrogens with one attached hydrogen (secondary N) is 1. The molecule has 0 radical (unpaired) electrons. The Kier molecular flexibility index (Phi) is 6.79. The summed E-state index contributed by atoms with van der Waals surface area (Å²) in [4.78, 5) is 6.65. The Bertz CT molecular complexity index is 807. The highest BCUT2D eigenvalue weighted by molar-refractivity contribution is 5.80. The van der Waals surface area contributed by atoms with Gasteiger partial charge in [-0.1, -0.05) is 32.9 Å². The fourth-order valence-corrected chi connectivity index (χ4v) is 3.36. The third-order valence-electron chi connectivity index (χ3n) is 5.05. The summed E-state index contributed by atoms with van der Waals surface area (Å²) in [7, 11) is 3.73. The number of aromatic nitrogens is 2. The molecule has 2 heterocycles. The molecule has 0 spiro atoms. The lowest BCUT2D eigenvalue weighted by molar-refractivity contribution is -0.00805. The number of rotatable bonds is 5. The van der Waals surface area contributed by atoms with Gasteiger partial charge in [-0.05, 0) is 23.1 Å². The molecule has 158 valence electrons. The summed E-state index contributed by atoms with van der Waals surface area (Å²) in [5, 5.41) is 7.64. The first-order valence-electron chi connectivity index (χ1n) is 10.2. The van der Waals surface area contributed by atoms with Crippen molar-refractivity contribution in [3.63, 3.8) is 0 Å². The van der Waals surface area contributed by atoms with Crippen LogP contribution in [-0.2, 0) is 17.2 Å². The largest absolute Gasteiger partial charge is 0.492 e. The van der Waals surface area contributed by atoms with Crippen molar-refractivity contribution in [2.45, 2.75) is 32.3 Å². The number of guanidine groups is 1. The van der Waals surface area contributed by atoms with E-state index >= 15 is 0 Å². The zero-order valence-electron chi connectivity index (χ0n) is 18.2. The van der Waals surface area contributed by atoms with Crippen LogP contribution in [0.2, 0.25) is 0 Å². The monoisotopic (exact) mass is 399 g/mol. The van der Waals surface area contributed by atoms with Crippen LogP contribution in [0.15, 0.2) is 41.7 Å². The molecule has 0 amide bonds. The lowest BCUT2D eigenvalue weighted by Crippen LogP contribution is -2.48. The predicted octanol–water partition coefficient (Wildman–Crippen LogP) is 2.75. The quantitative estimate of drug-likeness (QED) is 0.476. The molecule has 1 aromatic heterocycles. The number of aliphatic imine (C=N–C) groups is 1. The first-order valence-corrected chi connectivity index (χ1v) is 10.2. The topological polar surface area (TPSA) is 63.9 Å². The SMILES string of the molecule is CN=C(NCCOc1ccc(C(C)(C)C)cc1)N1CCOC(c2cnn(C)c2)C1. The highest BCUT2D eigenvalue weighted by atomic mass is 16.5. The number of aryl methyl sites for hydroxylation is 1. The van der Waals surface area contributed by atoms with Crippen molar-refractivity contribution in [1.29, 1.82) is 0 Å². The van der Waals surface area contributed by atoms with Gasteiger partial charge in [-0.2, -0.15) is 5.10 Å². The summed E-state index contributed by atoms with van der Waals surface area (Å²) in [6.07, 6.45) is 3.88. The number of morpholine rings is 1. The van der Waals surface area contributed by atoms with Gasteiger partial charge in [0.25, 0.3) is 0 Å². The van der Waals surface area contributed by atoms with E-state index in [1.807, 2.05) is 38.6 Å². The minimum atomic E-state index is 0.00795. The van der Waals surface area contributed by atoms with E-state index in [-0.39, 0.29) is 11.5 Å². The number of hydrogen-bond donors (Lipinski definition) is 1. The molecule has 1 saturated heterocycles. The van der Waals surface area contributed by atoms with Crippen molar-refractivity contribution in [2.24, 2.45) is 12.0 Å². The summed E-state index contributed by atoms with van der Waals surface area (Å²) < 4.78 is 13.6. The van der Waals surface area contributed by atoms with Crippen molar-refractivity contribution in [3.05, 3.63) is 47.8 Å². The summed E-state index contributed by atoms with van der Waals surface area (Å²) in [5.74, 6) is 1.76. The molecule has 7 nitrogen and oxygen atoms in total. The Morgan fingerprint density at radius 3 is 2.69 bits per heavy atom. The van der Waals surface area contributed by atoms with Crippen LogP contribution in [0.25, 0.3) is 0 Å². The van der Waals surface area contributed by atoms with Gasteiger partial charge in [0.1, 0.15) is 18.5 Å². The van der Waals surface area contributed by atoms with E-state index in [1.165, 1.54) is 5.56 Å². The third kappa shape index (κ3) is 5.73. The van der Waals surface area contributed by atoms with E-state index < -0.39 is 0 Å². The highest BCUT2D eigenvalue weighted by Gasteiger charge is 2.25. The zero-order chi connectivity index (χ0) is 20.9. The molecule has 1 unspecified atom stereocenters. The second-order valence-electron chi connectivity index (χ2n) is 8.35. The molecule has 0 bridgehead atoms. The zero-order valence-corrected chi connectivity index (χ0v) is 18.2. The first kappa shape index (κ1) is 21.2. The van der Waals surface area contributed by atoms with Crippen LogP contribution in [0.5, 0.6) is 5.75 Å². The Hall–Kier alpha value is -2.54. The van der Waals surface area contributed by atoms with Crippen LogP contribution in [-0.4, -0.2) is 60.5 Å². The van der Waals surface area contributed by atoms with Gasteiger partial charge in [-0.15, -0.1) is 0 Å². The smallest absolute Gasteiger partial charge is 0.193 e. The molecular formula is C22H33N5O2. The van der Waals surface area contributed by atoms with Gasteiger partial charge in [-0.3, -0.25) is 9.67 Å². The minimum absolute atomic E-state index is 0.00795. The van der Waals surface area contributed by atoms with Gasteiger partial charge in [0.15, 0.2) is 5.96 Å². The summed E-state index contributed by atoms with van der Waals surface area (Å²) in [6.45, 7) is 10.1. The van der Waals surface area contributed by atoms with Gasteiger partial charge in [0.05, 0.1) is 25.9 Å². The molecule has 1 atom stereocenters. The lowest BCUT2D eigenvalue weighted by Gasteiger charge is -2.34. The van der Waals surface area contributed by atoms with Crippen LogP contribution >= 0.6 is 0 Å². The maximum atomic E-state index is 5.92. The fraction of sp³-hybridized carbons (Fsp3) is 0.545. The van der Waals surface area contributed by atoms with Gasteiger partial charge in [0, 0.05) is 32.4 Å². The summed E-state index contributed by atoms with van der Waals surface area (Å²) in [5.41, 5.74) is 2.55. The molecule has 1 aliphatic heterocycles. The van der Waals surface area contributed by atoms with E-state index in [0.717, 1.165) is 30.4 Å². The normalized spacial score (nSPS) is 18.0. The Morgan fingerprint density at radius 1 is 1.31 bits per heavy atom. The Balaban J connectivity index is 1.46. The Labute approximate surface area is 173 Å². The Morgan fingerprint density at radius 2 is 2.07 bits per heavy atom. The molecule has 3 rings (SSSR count). The van der Waals surface area contributed by atoms with Crippen LogP contribution in [0, 0.1) is 0 Å². The van der Waals surface area contributed by atoms with Crippen molar-refractivity contribution in [1.82, 2.24) is 20.0 Å². The molecule has 0 aliphatic carbocycles. The van der Waals surface area contributed by atoms with E-state index in [0.29, 0.717) is 19.8 Å². The van der Waals surface area contributed by atoms with E-state index in [4.69, 9.17) is 9.47 Å². The van der Waals surface area contributed by atoms with Crippen molar-refractivity contribution in [3.8, 4) is 5.75 Å². The standard InChI is InChI=1S/C22H33N5O2/c1-22(2,3)18-6-8-19(9-7-18)28-12-10-24-21(23-4)27-11-13-29-20(16-27)17-14-25-26(5)15-17/h6-9,14-15,20H,10-13,16H2,1-5H3,(H,23,24). The maximum absolute atomic E-state index is 5.92. The van der Waals surface area contributed by atoms with Crippen LogP contribution < -0.4 is 10.1 Å². The van der Waals surface area contributed by atoms with Crippen LogP contribution in [0.1, 0.15) is 38.0 Å². The number of ether oxygens (including phenoxy) is 2. The average molecular weight is 400 g/mol. The molecule has 1 aromatic carbocycles. The van der Waals surface area contributed by atoms with Gasteiger partial charge >= 0.3 is 0 Å². The van der Waals surface area contributed by atoms with E-state index in [2.05, 4.69) is 53.2 Å². The van der Waals surface area contributed by atoms with Crippen molar-refractivity contribution in [2.75, 3.05) is 39.9 Å². The molecule has 1 N–H and O–H groups in total. The first-order chi connectivity index (χ1) is 13.9. The molecular weight excluding hydrogens is 366 g/mol. The van der Waals surface area contributed by atoms with E-state index in [1.54, 1.807) is 4.68 Å². The second-order valence-corrected chi connectivity index (χ2v) is 8.35. The number of benzene rings is 1. The van der Waals surface area contributed by atoms with Crippen LogP contribution in [0.3, 0.4) is 0 Å². The van der Waals surface area contributed by atoms with Gasteiger partial charge in [0.2, 0.25) is 0 Å². The summed E-state index contributed by atoms with van der Waals surface area (Å²) >= 11 is 0. The van der Waals surface area contributed by atoms with Gasteiger partial charge in [-0.25, -0.2) is 0 Å². The summed E-state index contributed by atoms with van der Waals surface area (Å²) in [6, 6.07) is 8.34. The lowest BCUT2D eigenvalue weighted by atomic mass is 9.87.